The molecule has 18 heavy (non-hydrogen) atoms. The maximum absolute atomic E-state index is 5.98. The topological polar surface area (TPSA) is 30.8 Å². The zero-order valence-electron chi connectivity index (χ0n) is 11.4. The summed E-state index contributed by atoms with van der Waals surface area (Å²) in [7, 11) is -0.352. The Morgan fingerprint density at radius 1 is 1.17 bits per heavy atom. The average molecular weight is 243 g/mol. The first-order valence-corrected chi connectivity index (χ1v) is 6.04. The molecule has 0 aromatic heterocycles. The molecule has 1 aromatic carbocycles. The molecule has 0 spiro atoms. The highest BCUT2D eigenvalue weighted by atomic mass is 16.7. The Bertz CT molecular complexity index is 488. The van der Waals surface area contributed by atoms with Crippen LogP contribution in [0.3, 0.4) is 0 Å². The van der Waals surface area contributed by atoms with Crippen molar-refractivity contribution in [1.82, 2.24) is 0 Å². The van der Waals surface area contributed by atoms with Gasteiger partial charge in [0.2, 0.25) is 0 Å². The molecular formula is C14H18BNO2. The van der Waals surface area contributed by atoms with Crippen LogP contribution in [0.5, 0.6) is 0 Å². The van der Waals surface area contributed by atoms with Crippen LogP contribution in [-0.4, -0.2) is 24.2 Å². The molecule has 1 saturated heterocycles. The van der Waals surface area contributed by atoms with Gasteiger partial charge in [-0.3, -0.25) is 0 Å². The van der Waals surface area contributed by atoms with Crippen molar-refractivity contribution in [3.63, 3.8) is 0 Å². The summed E-state index contributed by atoms with van der Waals surface area (Å²) in [4.78, 5) is 4.04. The molecule has 0 saturated carbocycles. The maximum atomic E-state index is 5.98. The van der Waals surface area contributed by atoms with Gasteiger partial charge in [-0.05, 0) is 57.7 Å². The van der Waals surface area contributed by atoms with Crippen molar-refractivity contribution >= 4 is 24.1 Å². The van der Waals surface area contributed by atoms with E-state index in [0.717, 1.165) is 11.2 Å². The second kappa shape index (κ2) is 4.40. The van der Waals surface area contributed by atoms with Crippen LogP contribution in [0, 0.1) is 0 Å². The second-order valence-corrected chi connectivity index (χ2v) is 5.45. The standard InChI is InChI=1S/C14H18BNO2/c1-6-16-12-9-7-8-11(10-12)15-17-13(2,3)14(4,5)18-15/h7-10H,1H2,2-5H3. The van der Waals surface area contributed by atoms with Crippen molar-refractivity contribution in [2.45, 2.75) is 38.9 Å². The number of nitrogens with zero attached hydrogens (tertiary/aromatic N) is 1. The van der Waals surface area contributed by atoms with Crippen molar-refractivity contribution in [2.24, 2.45) is 4.99 Å². The van der Waals surface area contributed by atoms with Crippen molar-refractivity contribution in [2.75, 3.05) is 0 Å². The van der Waals surface area contributed by atoms with E-state index < -0.39 is 0 Å². The van der Waals surface area contributed by atoms with Crippen molar-refractivity contribution < 1.29 is 9.31 Å². The van der Waals surface area contributed by atoms with E-state index >= 15 is 0 Å². The van der Waals surface area contributed by atoms with E-state index in [1.54, 1.807) is 0 Å². The molecule has 4 heteroatoms. The predicted octanol–water partition coefficient (Wildman–Crippen LogP) is 2.47. The molecule has 3 nitrogen and oxygen atoms in total. The Morgan fingerprint density at radius 3 is 2.33 bits per heavy atom. The van der Waals surface area contributed by atoms with Crippen molar-refractivity contribution in [1.29, 1.82) is 0 Å². The van der Waals surface area contributed by atoms with Crippen LogP contribution in [0.4, 0.5) is 5.69 Å². The van der Waals surface area contributed by atoms with E-state index in [0.29, 0.717) is 0 Å². The Hall–Kier alpha value is -1.35. The first-order valence-electron chi connectivity index (χ1n) is 6.04. The number of hydrogen-bond acceptors (Lipinski definition) is 3. The molecule has 1 aromatic rings. The van der Waals surface area contributed by atoms with Gasteiger partial charge < -0.3 is 9.31 Å². The zero-order valence-corrected chi connectivity index (χ0v) is 11.4. The first kappa shape index (κ1) is 13.1. The van der Waals surface area contributed by atoms with Crippen LogP contribution in [0.25, 0.3) is 0 Å². The van der Waals surface area contributed by atoms with E-state index in [4.69, 9.17) is 9.31 Å². The van der Waals surface area contributed by atoms with Gasteiger partial charge in [0.25, 0.3) is 0 Å². The van der Waals surface area contributed by atoms with Crippen LogP contribution in [0.2, 0.25) is 0 Å². The van der Waals surface area contributed by atoms with Gasteiger partial charge in [-0.2, -0.15) is 0 Å². The van der Waals surface area contributed by atoms with Crippen molar-refractivity contribution in [3.8, 4) is 0 Å². The summed E-state index contributed by atoms with van der Waals surface area (Å²) in [6.07, 6.45) is 0. The van der Waals surface area contributed by atoms with Gasteiger partial charge in [-0.1, -0.05) is 12.1 Å². The molecule has 0 bridgehead atoms. The molecule has 1 aliphatic rings. The molecular weight excluding hydrogens is 225 g/mol. The second-order valence-electron chi connectivity index (χ2n) is 5.45. The molecule has 1 heterocycles. The summed E-state index contributed by atoms with van der Waals surface area (Å²) in [6.45, 7) is 11.6. The quantitative estimate of drug-likeness (QED) is 0.590. The smallest absolute Gasteiger partial charge is 0.399 e. The van der Waals surface area contributed by atoms with Crippen molar-refractivity contribution in [3.05, 3.63) is 30.8 Å². The van der Waals surface area contributed by atoms with Crippen LogP contribution < -0.4 is 5.46 Å². The minimum Gasteiger partial charge on any atom is -0.399 e. The third kappa shape index (κ3) is 2.28. The zero-order chi connectivity index (χ0) is 13.4. The highest BCUT2D eigenvalue weighted by molar-refractivity contribution is 6.62. The van der Waals surface area contributed by atoms with Gasteiger partial charge in [0.1, 0.15) is 0 Å². The molecule has 2 rings (SSSR count). The summed E-state index contributed by atoms with van der Waals surface area (Å²) in [5.74, 6) is 2.53. The van der Waals surface area contributed by atoms with E-state index in [9.17, 15) is 0 Å². The molecule has 0 radical (unpaired) electrons. The highest BCUT2D eigenvalue weighted by Gasteiger charge is 2.51. The van der Waals surface area contributed by atoms with Gasteiger partial charge >= 0.3 is 7.12 Å². The monoisotopic (exact) mass is 243 g/mol. The average Bonchev–Trinajstić information content (AvgIpc) is 2.49. The largest absolute Gasteiger partial charge is 0.494 e. The van der Waals surface area contributed by atoms with E-state index in [-0.39, 0.29) is 18.3 Å². The lowest BCUT2D eigenvalue weighted by Gasteiger charge is -2.32. The fraction of sp³-hybridized carbons (Fsp3) is 0.429. The number of rotatable bonds is 2. The third-order valence-corrected chi connectivity index (χ3v) is 3.60. The van der Waals surface area contributed by atoms with E-state index in [1.165, 1.54) is 0 Å². The SMILES string of the molecule is C=C=Nc1cccc(B2OC(C)(C)C(C)(C)O2)c1. The van der Waals surface area contributed by atoms with Crippen LogP contribution >= 0.6 is 0 Å². The molecule has 0 aliphatic carbocycles. The Kier molecular flexibility index (Phi) is 3.20. The third-order valence-electron chi connectivity index (χ3n) is 3.60. The normalized spacial score (nSPS) is 20.6. The summed E-state index contributed by atoms with van der Waals surface area (Å²) in [5, 5.41) is 0. The molecule has 0 unspecified atom stereocenters. The van der Waals surface area contributed by atoms with Gasteiger partial charge in [0.15, 0.2) is 0 Å². The number of aliphatic imine (C=N–C) groups is 1. The molecule has 0 atom stereocenters. The van der Waals surface area contributed by atoms with Crippen LogP contribution in [0.1, 0.15) is 27.7 Å². The summed E-state index contributed by atoms with van der Waals surface area (Å²) >= 11 is 0. The van der Waals surface area contributed by atoms with Gasteiger partial charge in [-0.15, -0.1) is 0 Å². The molecule has 1 fully saturated rings. The fourth-order valence-electron chi connectivity index (χ4n) is 1.81. The summed E-state index contributed by atoms with van der Waals surface area (Å²) in [5.41, 5.74) is 1.12. The lowest BCUT2D eigenvalue weighted by atomic mass is 9.79. The fourth-order valence-corrected chi connectivity index (χ4v) is 1.81. The van der Waals surface area contributed by atoms with Gasteiger partial charge in [0.05, 0.1) is 16.9 Å². The van der Waals surface area contributed by atoms with Gasteiger partial charge in [-0.25, -0.2) is 4.99 Å². The molecule has 1 aliphatic heterocycles. The number of benzene rings is 1. The number of hydrogen-bond donors (Lipinski definition) is 0. The lowest BCUT2D eigenvalue weighted by molar-refractivity contribution is 0.00578. The van der Waals surface area contributed by atoms with E-state index in [2.05, 4.69) is 17.4 Å². The Balaban J connectivity index is 2.29. The lowest BCUT2D eigenvalue weighted by Crippen LogP contribution is -2.41. The molecule has 0 amide bonds. The predicted molar refractivity (Wildman–Crippen MR) is 74.9 cm³/mol. The van der Waals surface area contributed by atoms with Crippen LogP contribution in [0.15, 0.2) is 35.8 Å². The Morgan fingerprint density at radius 2 is 1.78 bits per heavy atom. The maximum Gasteiger partial charge on any atom is 0.494 e. The first-order chi connectivity index (χ1) is 8.36. The summed E-state index contributed by atoms with van der Waals surface area (Å²) in [6, 6.07) is 7.73. The minimum atomic E-state index is -0.352. The Labute approximate surface area is 109 Å². The van der Waals surface area contributed by atoms with Crippen LogP contribution in [-0.2, 0) is 9.31 Å². The van der Waals surface area contributed by atoms with E-state index in [1.807, 2.05) is 52.0 Å². The highest BCUT2D eigenvalue weighted by Crippen LogP contribution is 2.36. The van der Waals surface area contributed by atoms with Gasteiger partial charge in [0, 0.05) is 0 Å². The minimum absolute atomic E-state index is 0.324. The molecule has 0 N–H and O–H groups in total. The molecule has 94 valence electrons. The summed E-state index contributed by atoms with van der Waals surface area (Å²) < 4.78 is 12.0.